The molecule has 0 bridgehead atoms. The smallest absolute Gasteiger partial charge is 0.246 e. The zero-order valence-electron chi connectivity index (χ0n) is 7.06. The van der Waals surface area contributed by atoms with Crippen LogP contribution in [0.25, 0.3) is 0 Å². The Labute approximate surface area is 71.1 Å². The number of amides is 1. The summed E-state index contributed by atoms with van der Waals surface area (Å²) < 4.78 is 4.95. The van der Waals surface area contributed by atoms with Crippen molar-refractivity contribution in [3.63, 3.8) is 0 Å². The number of carbonyl (C=O) groups is 1. The van der Waals surface area contributed by atoms with Gasteiger partial charge in [0.05, 0.1) is 19.8 Å². The second-order valence-corrected chi connectivity index (χ2v) is 2.61. The van der Waals surface area contributed by atoms with Crippen molar-refractivity contribution < 1.29 is 19.7 Å². The van der Waals surface area contributed by atoms with Gasteiger partial charge in [-0.2, -0.15) is 0 Å². The Morgan fingerprint density at radius 2 is 2.00 bits per heavy atom. The van der Waals surface area contributed by atoms with E-state index in [1.54, 1.807) is 0 Å². The van der Waals surface area contributed by atoms with Crippen LogP contribution in [-0.2, 0) is 9.53 Å². The third kappa shape index (κ3) is 4.27. The van der Waals surface area contributed by atoms with E-state index in [9.17, 15) is 4.79 Å². The third-order valence-corrected chi connectivity index (χ3v) is 1.50. The van der Waals surface area contributed by atoms with Crippen LogP contribution in [0.4, 0.5) is 0 Å². The molecular weight excluding hydrogens is 162 g/mol. The number of aliphatic hydroxyl groups is 2. The van der Waals surface area contributed by atoms with Gasteiger partial charge in [-0.05, 0) is 6.92 Å². The van der Waals surface area contributed by atoms with E-state index >= 15 is 0 Å². The first-order chi connectivity index (χ1) is 5.61. The molecule has 5 nitrogen and oxygen atoms in total. The fourth-order valence-corrected chi connectivity index (χ4v) is 0.526. The van der Waals surface area contributed by atoms with Crippen molar-refractivity contribution in [1.29, 1.82) is 0 Å². The van der Waals surface area contributed by atoms with Crippen molar-refractivity contribution in [1.82, 2.24) is 0 Å². The topological polar surface area (TPSA) is 92.8 Å². The Hall–Kier alpha value is -0.650. The molecule has 0 aliphatic carbocycles. The minimum atomic E-state index is -0.675. The van der Waals surface area contributed by atoms with Crippen molar-refractivity contribution >= 4 is 5.91 Å². The Morgan fingerprint density at radius 3 is 2.33 bits per heavy atom. The molecule has 0 radical (unpaired) electrons. The molecule has 0 rings (SSSR count). The molecular formula is C7H15NO4. The molecule has 4 N–H and O–H groups in total. The molecule has 0 aromatic heterocycles. The molecule has 0 aliphatic heterocycles. The molecule has 1 atom stereocenters. The SMILES string of the molecule is CC(OCC(CO)CO)C(N)=O. The van der Waals surface area contributed by atoms with Crippen molar-refractivity contribution in [3.05, 3.63) is 0 Å². The van der Waals surface area contributed by atoms with Gasteiger partial charge in [-0.3, -0.25) is 4.79 Å². The quantitative estimate of drug-likeness (QED) is 0.459. The van der Waals surface area contributed by atoms with Gasteiger partial charge in [0.15, 0.2) is 0 Å². The second-order valence-electron chi connectivity index (χ2n) is 2.61. The van der Waals surface area contributed by atoms with E-state index in [0.29, 0.717) is 0 Å². The molecule has 0 saturated heterocycles. The largest absolute Gasteiger partial charge is 0.396 e. The molecule has 0 aliphatic rings. The van der Waals surface area contributed by atoms with Gasteiger partial charge in [-0.15, -0.1) is 0 Å². The third-order valence-electron chi connectivity index (χ3n) is 1.50. The van der Waals surface area contributed by atoms with E-state index in [4.69, 9.17) is 20.7 Å². The highest BCUT2D eigenvalue weighted by Crippen LogP contribution is 1.97. The lowest BCUT2D eigenvalue weighted by Gasteiger charge is -2.14. The van der Waals surface area contributed by atoms with Crippen LogP contribution in [0.15, 0.2) is 0 Å². The standard InChI is InChI=1S/C7H15NO4/c1-5(7(8)11)12-4-6(2-9)3-10/h5-6,9-10H,2-4H2,1H3,(H2,8,11). The highest BCUT2D eigenvalue weighted by Gasteiger charge is 2.12. The van der Waals surface area contributed by atoms with Gasteiger partial charge in [-0.25, -0.2) is 0 Å². The summed E-state index contributed by atoms with van der Waals surface area (Å²) in [5.41, 5.74) is 4.92. The highest BCUT2D eigenvalue weighted by atomic mass is 16.5. The summed E-state index contributed by atoms with van der Waals surface area (Å²) >= 11 is 0. The fraction of sp³-hybridized carbons (Fsp3) is 0.857. The number of nitrogens with two attached hydrogens (primary N) is 1. The molecule has 1 amide bonds. The Balaban J connectivity index is 3.58. The average Bonchev–Trinajstić information content (AvgIpc) is 2.05. The van der Waals surface area contributed by atoms with E-state index in [1.807, 2.05) is 0 Å². The maximum absolute atomic E-state index is 10.5. The van der Waals surface area contributed by atoms with Crippen LogP contribution in [0.2, 0.25) is 0 Å². The Bertz CT molecular complexity index is 135. The molecule has 1 unspecified atom stereocenters. The number of primary amides is 1. The minimum Gasteiger partial charge on any atom is -0.396 e. The summed E-state index contributed by atoms with van der Waals surface area (Å²) in [6.07, 6.45) is -0.675. The summed E-state index contributed by atoms with van der Waals surface area (Å²) in [5.74, 6) is -0.892. The molecule has 0 spiro atoms. The lowest BCUT2D eigenvalue weighted by molar-refractivity contribution is -0.129. The molecule has 12 heavy (non-hydrogen) atoms. The maximum atomic E-state index is 10.5. The first-order valence-corrected chi connectivity index (χ1v) is 3.74. The van der Waals surface area contributed by atoms with Gasteiger partial charge in [0.1, 0.15) is 6.10 Å². The van der Waals surface area contributed by atoms with E-state index in [1.165, 1.54) is 6.92 Å². The van der Waals surface area contributed by atoms with Gasteiger partial charge < -0.3 is 20.7 Å². The second kappa shape index (κ2) is 5.93. The first kappa shape index (κ1) is 11.4. The monoisotopic (exact) mass is 177 g/mol. The highest BCUT2D eigenvalue weighted by molar-refractivity contribution is 5.78. The Morgan fingerprint density at radius 1 is 1.50 bits per heavy atom. The number of rotatable bonds is 6. The van der Waals surface area contributed by atoms with Crippen molar-refractivity contribution in [2.24, 2.45) is 11.7 Å². The maximum Gasteiger partial charge on any atom is 0.246 e. The summed E-state index contributed by atoms with van der Waals surface area (Å²) in [7, 11) is 0. The minimum absolute atomic E-state index is 0.136. The van der Waals surface area contributed by atoms with Crippen LogP contribution in [0.1, 0.15) is 6.92 Å². The van der Waals surface area contributed by atoms with Gasteiger partial charge in [0.25, 0.3) is 0 Å². The summed E-state index contributed by atoms with van der Waals surface area (Å²) in [6, 6.07) is 0. The van der Waals surface area contributed by atoms with E-state index in [0.717, 1.165) is 0 Å². The number of aliphatic hydroxyl groups excluding tert-OH is 2. The molecule has 0 aromatic rings. The first-order valence-electron chi connectivity index (χ1n) is 3.74. The summed E-state index contributed by atoms with van der Waals surface area (Å²) in [6.45, 7) is 1.33. The molecule has 5 heteroatoms. The molecule has 0 fully saturated rings. The normalized spacial score (nSPS) is 13.3. The predicted octanol–water partition coefficient (Wildman–Crippen LogP) is -1.52. The van der Waals surface area contributed by atoms with Crippen LogP contribution in [0.5, 0.6) is 0 Å². The molecule has 0 heterocycles. The van der Waals surface area contributed by atoms with Crippen molar-refractivity contribution in [3.8, 4) is 0 Å². The average molecular weight is 177 g/mol. The lowest BCUT2D eigenvalue weighted by atomic mass is 10.2. The fourth-order valence-electron chi connectivity index (χ4n) is 0.526. The van der Waals surface area contributed by atoms with Crippen molar-refractivity contribution in [2.75, 3.05) is 19.8 Å². The number of ether oxygens (including phenoxy) is 1. The zero-order valence-corrected chi connectivity index (χ0v) is 7.06. The molecule has 0 aromatic carbocycles. The van der Waals surface area contributed by atoms with E-state index < -0.39 is 12.0 Å². The van der Waals surface area contributed by atoms with Crippen LogP contribution in [0, 0.1) is 5.92 Å². The van der Waals surface area contributed by atoms with Gasteiger partial charge in [0.2, 0.25) is 5.91 Å². The predicted molar refractivity (Wildman–Crippen MR) is 42.3 cm³/mol. The van der Waals surface area contributed by atoms with E-state index in [2.05, 4.69) is 0 Å². The lowest BCUT2D eigenvalue weighted by Crippen LogP contribution is -2.31. The van der Waals surface area contributed by atoms with Gasteiger partial charge in [0, 0.05) is 5.92 Å². The summed E-state index contributed by atoms with van der Waals surface area (Å²) in [4.78, 5) is 10.5. The number of hydrogen-bond acceptors (Lipinski definition) is 4. The summed E-state index contributed by atoms with van der Waals surface area (Å²) in [5, 5.41) is 17.2. The zero-order chi connectivity index (χ0) is 9.56. The van der Waals surface area contributed by atoms with Crippen molar-refractivity contribution in [2.45, 2.75) is 13.0 Å². The molecule has 0 saturated carbocycles. The van der Waals surface area contributed by atoms with Crippen LogP contribution >= 0.6 is 0 Å². The van der Waals surface area contributed by atoms with E-state index in [-0.39, 0.29) is 25.7 Å². The number of hydrogen-bond donors (Lipinski definition) is 3. The Kier molecular flexibility index (Phi) is 5.61. The van der Waals surface area contributed by atoms with Crippen LogP contribution < -0.4 is 5.73 Å². The van der Waals surface area contributed by atoms with Gasteiger partial charge in [-0.1, -0.05) is 0 Å². The molecule has 72 valence electrons. The number of carbonyl (C=O) groups excluding carboxylic acids is 1. The van der Waals surface area contributed by atoms with Crippen LogP contribution in [0.3, 0.4) is 0 Å². The van der Waals surface area contributed by atoms with Crippen LogP contribution in [-0.4, -0.2) is 42.0 Å². The van der Waals surface area contributed by atoms with Gasteiger partial charge >= 0.3 is 0 Å².